The summed E-state index contributed by atoms with van der Waals surface area (Å²) < 4.78 is 2.12. The van der Waals surface area contributed by atoms with E-state index < -0.39 is 0 Å². The molecule has 2 atom stereocenters. The Balaban J connectivity index is 2.52. The van der Waals surface area contributed by atoms with Gasteiger partial charge in [-0.05, 0) is 24.1 Å². The molecule has 16 heavy (non-hydrogen) atoms. The molecule has 4 N–H and O–H groups in total. The Morgan fingerprint density at radius 1 is 1.31 bits per heavy atom. The van der Waals surface area contributed by atoms with Crippen LogP contribution < -0.4 is 11.5 Å². The number of benzene rings is 1. The predicted molar refractivity (Wildman–Crippen MR) is 68.1 cm³/mol. The van der Waals surface area contributed by atoms with Crippen molar-refractivity contribution >= 4 is 10.9 Å². The Bertz CT molecular complexity index is 487. The quantitative estimate of drug-likeness (QED) is 0.823. The molecule has 0 aliphatic carbocycles. The first-order valence-corrected chi connectivity index (χ1v) is 5.64. The van der Waals surface area contributed by atoms with E-state index in [1.807, 2.05) is 19.2 Å². The molecular weight excluding hydrogens is 198 g/mol. The highest BCUT2D eigenvalue weighted by molar-refractivity contribution is 5.84. The van der Waals surface area contributed by atoms with Gasteiger partial charge < -0.3 is 16.0 Å². The average molecular weight is 217 g/mol. The van der Waals surface area contributed by atoms with Crippen LogP contribution in [-0.4, -0.2) is 11.1 Å². The summed E-state index contributed by atoms with van der Waals surface area (Å²) in [6.45, 7) is 2.71. The number of para-hydroxylation sites is 1. The number of aryl methyl sites for hydroxylation is 1. The summed E-state index contributed by atoms with van der Waals surface area (Å²) in [5.74, 6) is 0.297. The molecule has 0 radical (unpaired) electrons. The van der Waals surface area contributed by atoms with E-state index >= 15 is 0 Å². The number of nitrogens with zero attached hydrogens (tertiary/aromatic N) is 1. The topological polar surface area (TPSA) is 57.0 Å². The lowest BCUT2D eigenvalue weighted by Gasteiger charge is -2.17. The first-order chi connectivity index (χ1) is 7.65. The van der Waals surface area contributed by atoms with E-state index in [1.54, 1.807) is 0 Å². The second-order valence-corrected chi connectivity index (χ2v) is 4.45. The monoisotopic (exact) mass is 217 g/mol. The normalized spacial score (nSPS) is 15.2. The second kappa shape index (κ2) is 4.28. The summed E-state index contributed by atoms with van der Waals surface area (Å²) in [5, 5.41) is 1.23. The van der Waals surface area contributed by atoms with E-state index in [9.17, 15) is 0 Å². The Morgan fingerprint density at radius 3 is 2.69 bits per heavy atom. The van der Waals surface area contributed by atoms with Gasteiger partial charge in [-0.1, -0.05) is 25.1 Å². The molecule has 86 valence electrons. The van der Waals surface area contributed by atoms with Crippen molar-refractivity contribution in [1.82, 2.24) is 4.57 Å². The molecule has 2 rings (SSSR count). The second-order valence-electron chi connectivity index (χ2n) is 4.45. The highest BCUT2D eigenvalue weighted by Crippen LogP contribution is 2.28. The molecule has 0 saturated heterocycles. The van der Waals surface area contributed by atoms with Gasteiger partial charge in [-0.3, -0.25) is 0 Å². The highest BCUT2D eigenvalue weighted by atomic mass is 14.9. The van der Waals surface area contributed by atoms with Crippen molar-refractivity contribution in [3.8, 4) is 0 Å². The van der Waals surface area contributed by atoms with Gasteiger partial charge >= 0.3 is 0 Å². The summed E-state index contributed by atoms with van der Waals surface area (Å²) in [6.07, 6.45) is 2.11. The number of fused-ring (bicyclic) bond motifs is 1. The molecule has 0 amide bonds. The van der Waals surface area contributed by atoms with E-state index in [-0.39, 0.29) is 6.04 Å². The lowest BCUT2D eigenvalue weighted by Crippen LogP contribution is -2.25. The number of nitrogens with two attached hydrogens (primary N) is 2. The molecule has 1 aromatic carbocycles. The molecule has 3 heteroatoms. The van der Waals surface area contributed by atoms with E-state index in [0.29, 0.717) is 12.5 Å². The summed E-state index contributed by atoms with van der Waals surface area (Å²) in [6, 6.07) is 8.33. The molecule has 0 bridgehead atoms. The van der Waals surface area contributed by atoms with Gasteiger partial charge in [0.1, 0.15) is 0 Å². The van der Waals surface area contributed by atoms with Crippen molar-refractivity contribution in [2.75, 3.05) is 6.54 Å². The predicted octanol–water partition coefficient (Wildman–Crippen LogP) is 1.77. The van der Waals surface area contributed by atoms with Crippen molar-refractivity contribution in [3.05, 3.63) is 36.0 Å². The molecule has 2 aromatic rings. The summed E-state index contributed by atoms with van der Waals surface area (Å²) in [5.41, 5.74) is 14.3. The van der Waals surface area contributed by atoms with E-state index in [4.69, 9.17) is 11.5 Å². The Morgan fingerprint density at radius 2 is 2.00 bits per heavy atom. The first kappa shape index (κ1) is 11.2. The summed E-state index contributed by atoms with van der Waals surface area (Å²) in [4.78, 5) is 0. The van der Waals surface area contributed by atoms with Crippen LogP contribution in [0.25, 0.3) is 10.9 Å². The van der Waals surface area contributed by atoms with Crippen LogP contribution in [0.1, 0.15) is 18.5 Å². The van der Waals surface area contributed by atoms with Crippen LogP contribution in [0.5, 0.6) is 0 Å². The molecule has 2 unspecified atom stereocenters. The molecule has 0 saturated carbocycles. The average Bonchev–Trinajstić information content (AvgIpc) is 2.65. The van der Waals surface area contributed by atoms with Crippen LogP contribution in [0, 0.1) is 5.92 Å². The number of hydrogen-bond donors (Lipinski definition) is 2. The zero-order valence-electron chi connectivity index (χ0n) is 9.85. The highest BCUT2D eigenvalue weighted by Gasteiger charge is 2.17. The van der Waals surface area contributed by atoms with Gasteiger partial charge in [-0.15, -0.1) is 0 Å². The zero-order valence-corrected chi connectivity index (χ0v) is 9.85. The van der Waals surface area contributed by atoms with Crippen LogP contribution in [0.3, 0.4) is 0 Å². The van der Waals surface area contributed by atoms with Crippen LogP contribution in [0.2, 0.25) is 0 Å². The minimum absolute atomic E-state index is 0.0103. The summed E-state index contributed by atoms with van der Waals surface area (Å²) >= 11 is 0. The minimum atomic E-state index is 0.0103. The van der Waals surface area contributed by atoms with E-state index in [2.05, 4.69) is 29.8 Å². The van der Waals surface area contributed by atoms with Gasteiger partial charge in [-0.25, -0.2) is 0 Å². The minimum Gasteiger partial charge on any atom is -0.350 e. The zero-order chi connectivity index (χ0) is 11.7. The maximum atomic E-state index is 6.24. The third-order valence-electron chi connectivity index (χ3n) is 3.27. The molecule has 0 aliphatic rings. The Kier molecular flexibility index (Phi) is 2.99. The number of aromatic nitrogens is 1. The molecule has 3 nitrogen and oxygen atoms in total. The van der Waals surface area contributed by atoms with Crippen LogP contribution in [0.4, 0.5) is 0 Å². The molecule has 0 spiro atoms. The van der Waals surface area contributed by atoms with E-state index in [1.165, 1.54) is 16.5 Å². The molecule has 1 aromatic heterocycles. The van der Waals surface area contributed by atoms with Crippen molar-refractivity contribution < 1.29 is 0 Å². The van der Waals surface area contributed by atoms with Crippen molar-refractivity contribution in [3.63, 3.8) is 0 Å². The fourth-order valence-electron chi connectivity index (χ4n) is 2.09. The molecular formula is C13H19N3. The molecule has 1 heterocycles. The standard InChI is InChI=1S/C13H19N3/c1-9(7-14)13(15)11-8-16(2)12-6-4-3-5-10(11)12/h3-6,8-9,13H,7,14-15H2,1-2H3. The number of hydrogen-bond acceptors (Lipinski definition) is 2. The fourth-order valence-corrected chi connectivity index (χ4v) is 2.09. The molecule has 0 fully saturated rings. The van der Waals surface area contributed by atoms with Gasteiger partial charge in [0.25, 0.3) is 0 Å². The number of rotatable bonds is 3. The molecule has 0 aliphatic heterocycles. The lowest BCUT2D eigenvalue weighted by atomic mass is 9.95. The van der Waals surface area contributed by atoms with Crippen LogP contribution in [-0.2, 0) is 7.05 Å². The van der Waals surface area contributed by atoms with Gasteiger partial charge in [-0.2, -0.15) is 0 Å². The van der Waals surface area contributed by atoms with E-state index in [0.717, 1.165) is 0 Å². The maximum Gasteiger partial charge on any atom is 0.0481 e. The van der Waals surface area contributed by atoms with Gasteiger partial charge in [0.2, 0.25) is 0 Å². The van der Waals surface area contributed by atoms with Crippen molar-refractivity contribution in [2.45, 2.75) is 13.0 Å². The Hall–Kier alpha value is -1.32. The third-order valence-corrected chi connectivity index (χ3v) is 3.27. The maximum absolute atomic E-state index is 6.24. The third kappa shape index (κ3) is 1.72. The lowest BCUT2D eigenvalue weighted by molar-refractivity contribution is 0.483. The van der Waals surface area contributed by atoms with Gasteiger partial charge in [0.15, 0.2) is 0 Å². The van der Waals surface area contributed by atoms with Crippen molar-refractivity contribution in [1.29, 1.82) is 0 Å². The van der Waals surface area contributed by atoms with Crippen LogP contribution >= 0.6 is 0 Å². The smallest absolute Gasteiger partial charge is 0.0481 e. The summed E-state index contributed by atoms with van der Waals surface area (Å²) in [7, 11) is 2.05. The largest absolute Gasteiger partial charge is 0.350 e. The van der Waals surface area contributed by atoms with Crippen molar-refractivity contribution in [2.24, 2.45) is 24.4 Å². The van der Waals surface area contributed by atoms with Gasteiger partial charge in [0, 0.05) is 30.2 Å². The SMILES string of the molecule is CC(CN)C(N)c1cn(C)c2ccccc12. The Labute approximate surface area is 96.0 Å². The van der Waals surface area contributed by atoms with Crippen LogP contribution in [0.15, 0.2) is 30.5 Å². The van der Waals surface area contributed by atoms with Gasteiger partial charge in [0.05, 0.1) is 0 Å². The fraction of sp³-hybridized carbons (Fsp3) is 0.385. The first-order valence-electron chi connectivity index (χ1n) is 5.64.